The third-order valence-corrected chi connectivity index (χ3v) is 3.68. The second-order valence-corrected chi connectivity index (χ2v) is 5.98. The lowest BCUT2D eigenvalue weighted by Gasteiger charge is -2.29. The molecule has 1 heterocycles. The van der Waals surface area contributed by atoms with Gasteiger partial charge in [0.15, 0.2) is 0 Å². The van der Waals surface area contributed by atoms with E-state index < -0.39 is 0 Å². The number of hydrogen-bond acceptors (Lipinski definition) is 3. The van der Waals surface area contributed by atoms with Crippen LogP contribution in [0.4, 0.5) is 0 Å². The van der Waals surface area contributed by atoms with Gasteiger partial charge in [0.2, 0.25) is 0 Å². The molecule has 1 N–H and O–H groups in total. The van der Waals surface area contributed by atoms with Crippen LogP contribution in [0.3, 0.4) is 0 Å². The highest BCUT2D eigenvalue weighted by atomic mass is 15.4. The van der Waals surface area contributed by atoms with Crippen LogP contribution in [0.25, 0.3) is 0 Å². The van der Waals surface area contributed by atoms with E-state index in [4.69, 9.17) is 0 Å². The third-order valence-electron chi connectivity index (χ3n) is 3.68. The van der Waals surface area contributed by atoms with E-state index in [1.807, 2.05) is 10.9 Å². The average Bonchev–Trinajstić information content (AvgIpc) is 2.92. The molecule has 0 saturated carbocycles. The zero-order chi connectivity index (χ0) is 14.4. The molecule has 4 nitrogen and oxygen atoms in total. The fourth-order valence-corrected chi connectivity index (χ4v) is 2.62. The molecule has 0 aliphatic heterocycles. The minimum absolute atomic E-state index is 0.181. The first-order valence-electron chi connectivity index (χ1n) is 7.21. The van der Waals surface area contributed by atoms with Gasteiger partial charge in [0.05, 0.1) is 12.7 Å². The molecule has 0 radical (unpaired) electrons. The molecule has 0 aliphatic rings. The van der Waals surface area contributed by atoms with Gasteiger partial charge in [-0.25, -0.2) is 0 Å². The van der Waals surface area contributed by atoms with Crippen molar-refractivity contribution in [2.24, 2.45) is 0 Å². The number of hydrogen-bond donors (Lipinski definition) is 1. The molecule has 1 aromatic carbocycles. The van der Waals surface area contributed by atoms with Gasteiger partial charge in [-0.1, -0.05) is 49.4 Å². The van der Waals surface area contributed by atoms with E-state index >= 15 is 0 Å². The number of nitrogens with zero attached hydrogens (tertiary/aromatic N) is 3. The Hall–Kier alpha value is -1.68. The molecule has 0 aliphatic carbocycles. The number of aromatic nitrogens is 3. The van der Waals surface area contributed by atoms with Crippen LogP contribution >= 0.6 is 0 Å². The normalized spacial score (nSPS) is 13.3. The van der Waals surface area contributed by atoms with E-state index in [1.54, 1.807) is 6.20 Å². The Balaban J connectivity index is 1.80. The fourth-order valence-electron chi connectivity index (χ4n) is 2.62. The smallest absolute Gasteiger partial charge is 0.0692 e. The van der Waals surface area contributed by atoms with Crippen molar-refractivity contribution in [3.63, 3.8) is 0 Å². The maximum atomic E-state index is 3.96. The Morgan fingerprint density at radius 2 is 2.00 bits per heavy atom. The molecule has 108 valence electrons. The molecule has 2 rings (SSSR count). The van der Waals surface area contributed by atoms with E-state index in [1.165, 1.54) is 5.56 Å². The molecule has 1 unspecified atom stereocenters. The predicted molar refractivity (Wildman–Crippen MR) is 81.6 cm³/mol. The first kappa shape index (κ1) is 14.7. The predicted octanol–water partition coefficient (Wildman–Crippen LogP) is 2.62. The fraction of sp³-hybridized carbons (Fsp3) is 0.500. The van der Waals surface area contributed by atoms with Gasteiger partial charge in [0.1, 0.15) is 0 Å². The number of benzene rings is 1. The van der Waals surface area contributed by atoms with Crippen molar-refractivity contribution in [1.82, 2.24) is 20.3 Å². The lowest BCUT2D eigenvalue weighted by atomic mass is 9.79. The largest absolute Gasteiger partial charge is 0.312 e. The first-order valence-corrected chi connectivity index (χ1v) is 7.21. The van der Waals surface area contributed by atoms with Gasteiger partial charge in [0.25, 0.3) is 0 Å². The number of nitrogens with one attached hydrogen (secondary N) is 1. The molecule has 0 spiro atoms. The minimum Gasteiger partial charge on any atom is -0.312 e. The molecule has 0 saturated heterocycles. The van der Waals surface area contributed by atoms with Crippen molar-refractivity contribution in [3.05, 3.63) is 48.3 Å². The topological polar surface area (TPSA) is 42.7 Å². The summed E-state index contributed by atoms with van der Waals surface area (Å²) in [4.78, 5) is 0. The molecule has 20 heavy (non-hydrogen) atoms. The van der Waals surface area contributed by atoms with Crippen LogP contribution in [0.1, 0.15) is 32.8 Å². The van der Waals surface area contributed by atoms with Crippen molar-refractivity contribution in [1.29, 1.82) is 0 Å². The lowest BCUT2D eigenvalue weighted by Crippen LogP contribution is -2.35. The van der Waals surface area contributed by atoms with Crippen LogP contribution in [-0.4, -0.2) is 27.6 Å². The number of rotatable bonds is 7. The van der Waals surface area contributed by atoms with Crippen molar-refractivity contribution in [3.8, 4) is 0 Å². The molecule has 0 amide bonds. The standard InChI is InChI=1S/C16H24N4/c1-14(17-9-11-20-12-10-18-19-20)13-16(2,3)15-7-5-4-6-8-15/h4-8,10,12,14,17H,9,11,13H2,1-3H3. The van der Waals surface area contributed by atoms with Crippen LogP contribution < -0.4 is 5.32 Å². The third kappa shape index (κ3) is 4.17. The summed E-state index contributed by atoms with van der Waals surface area (Å²) in [6.07, 6.45) is 4.70. The van der Waals surface area contributed by atoms with Crippen molar-refractivity contribution < 1.29 is 0 Å². The molecule has 4 heteroatoms. The summed E-state index contributed by atoms with van der Waals surface area (Å²) in [6.45, 7) is 8.62. The van der Waals surface area contributed by atoms with E-state index in [-0.39, 0.29) is 5.41 Å². The van der Waals surface area contributed by atoms with Gasteiger partial charge in [-0.2, -0.15) is 0 Å². The summed E-state index contributed by atoms with van der Waals surface area (Å²) in [5, 5.41) is 11.3. The molecule has 2 aromatic rings. The summed E-state index contributed by atoms with van der Waals surface area (Å²) in [7, 11) is 0. The van der Waals surface area contributed by atoms with Gasteiger partial charge in [-0.3, -0.25) is 4.68 Å². The SMILES string of the molecule is CC(CC(C)(C)c1ccccc1)NCCn1ccnn1. The minimum atomic E-state index is 0.181. The Kier molecular flexibility index (Phi) is 4.90. The van der Waals surface area contributed by atoms with E-state index in [9.17, 15) is 0 Å². The summed E-state index contributed by atoms with van der Waals surface area (Å²) >= 11 is 0. The highest BCUT2D eigenvalue weighted by molar-refractivity contribution is 5.23. The maximum Gasteiger partial charge on any atom is 0.0692 e. The molecule has 1 atom stereocenters. The van der Waals surface area contributed by atoms with Crippen LogP contribution in [0.2, 0.25) is 0 Å². The Bertz CT molecular complexity index is 490. The Morgan fingerprint density at radius 3 is 2.65 bits per heavy atom. The van der Waals surface area contributed by atoms with Crippen LogP contribution in [-0.2, 0) is 12.0 Å². The summed E-state index contributed by atoms with van der Waals surface area (Å²) in [6, 6.07) is 11.2. The van der Waals surface area contributed by atoms with E-state index in [0.29, 0.717) is 6.04 Å². The molecular weight excluding hydrogens is 248 g/mol. The summed E-state index contributed by atoms with van der Waals surface area (Å²) in [5.41, 5.74) is 1.57. The van der Waals surface area contributed by atoms with Gasteiger partial charge in [0, 0.05) is 18.8 Å². The van der Waals surface area contributed by atoms with Gasteiger partial charge in [-0.15, -0.1) is 5.10 Å². The van der Waals surface area contributed by atoms with E-state index in [2.05, 4.69) is 66.7 Å². The second-order valence-electron chi connectivity index (χ2n) is 5.98. The van der Waals surface area contributed by atoms with Crippen molar-refractivity contribution in [2.45, 2.75) is 45.2 Å². The summed E-state index contributed by atoms with van der Waals surface area (Å²) in [5.74, 6) is 0. The Morgan fingerprint density at radius 1 is 1.25 bits per heavy atom. The van der Waals surface area contributed by atoms with Crippen LogP contribution in [0, 0.1) is 0 Å². The molecule has 1 aromatic heterocycles. The zero-order valence-corrected chi connectivity index (χ0v) is 12.6. The Labute approximate surface area is 121 Å². The highest BCUT2D eigenvalue weighted by Gasteiger charge is 2.22. The molecular formula is C16H24N4. The maximum absolute atomic E-state index is 3.96. The summed E-state index contributed by atoms with van der Waals surface area (Å²) < 4.78 is 1.85. The van der Waals surface area contributed by atoms with Gasteiger partial charge < -0.3 is 5.32 Å². The van der Waals surface area contributed by atoms with Crippen LogP contribution in [0.15, 0.2) is 42.7 Å². The van der Waals surface area contributed by atoms with Gasteiger partial charge in [-0.05, 0) is 24.3 Å². The highest BCUT2D eigenvalue weighted by Crippen LogP contribution is 2.27. The lowest BCUT2D eigenvalue weighted by molar-refractivity contribution is 0.380. The zero-order valence-electron chi connectivity index (χ0n) is 12.6. The monoisotopic (exact) mass is 272 g/mol. The van der Waals surface area contributed by atoms with Crippen molar-refractivity contribution in [2.75, 3.05) is 6.54 Å². The van der Waals surface area contributed by atoms with Gasteiger partial charge >= 0.3 is 0 Å². The van der Waals surface area contributed by atoms with Crippen LogP contribution in [0.5, 0.6) is 0 Å². The average molecular weight is 272 g/mol. The molecule has 0 bridgehead atoms. The van der Waals surface area contributed by atoms with Crippen molar-refractivity contribution >= 4 is 0 Å². The first-order chi connectivity index (χ1) is 9.58. The molecule has 0 fully saturated rings. The quantitative estimate of drug-likeness (QED) is 0.842. The second kappa shape index (κ2) is 6.66. The van der Waals surface area contributed by atoms with E-state index in [0.717, 1.165) is 19.5 Å².